The molecule has 0 heterocycles. The van der Waals surface area contributed by atoms with E-state index in [4.69, 9.17) is 5.84 Å². The van der Waals surface area contributed by atoms with Crippen LogP contribution in [0.2, 0.25) is 0 Å². The Bertz CT molecular complexity index is 161. The van der Waals surface area contributed by atoms with E-state index in [-0.39, 0.29) is 0 Å². The van der Waals surface area contributed by atoms with Gasteiger partial charge in [-0.15, -0.1) is 0 Å². The number of nitrogens with two attached hydrogens (primary N) is 1. The van der Waals surface area contributed by atoms with E-state index in [0.29, 0.717) is 17.4 Å². The SMILES string of the molecule is CCCCCCC(CC(C)C(C)(C)C)NN. The summed E-state index contributed by atoms with van der Waals surface area (Å²) in [5, 5.41) is 0. The predicted octanol–water partition coefficient (Wildman–Crippen LogP) is 3.86. The topological polar surface area (TPSA) is 38.0 Å². The van der Waals surface area contributed by atoms with E-state index in [9.17, 15) is 0 Å². The monoisotopic (exact) mass is 228 g/mol. The molecule has 0 aromatic rings. The van der Waals surface area contributed by atoms with Gasteiger partial charge in [0.05, 0.1) is 0 Å². The Morgan fingerprint density at radius 2 is 1.75 bits per heavy atom. The van der Waals surface area contributed by atoms with Gasteiger partial charge in [0.1, 0.15) is 0 Å². The third-order valence-corrected chi connectivity index (χ3v) is 3.76. The Morgan fingerprint density at radius 3 is 2.19 bits per heavy atom. The molecule has 0 saturated heterocycles. The fourth-order valence-corrected chi connectivity index (χ4v) is 1.87. The Morgan fingerprint density at radius 1 is 1.12 bits per heavy atom. The highest BCUT2D eigenvalue weighted by Gasteiger charge is 2.22. The molecular weight excluding hydrogens is 196 g/mol. The summed E-state index contributed by atoms with van der Waals surface area (Å²) >= 11 is 0. The van der Waals surface area contributed by atoms with Crippen molar-refractivity contribution < 1.29 is 0 Å². The second kappa shape index (κ2) is 8.08. The molecule has 0 fully saturated rings. The van der Waals surface area contributed by atoms with Crippen molar-refractivity contribution in [3.8, 4) is 0 Å². The maximum Gasteiger partial charge on any atom is 0.0213 e. The highest BCUT2D eigenvalue weighted by molar-refractivity contribution is 4.75. The van der Waals surface area contributed by atoms with E-state index in [2.05, 4.69) is 40.0 Å². The summed E-state index contributed by atoms with van der Waals surface area (Å²) in [5.74, 6) is 6.34. The molecule has 3 N–H and O–H groups in total. The molecule has 0 aliphatic heterocycles. The summed E-state index contributed by atoms with van der Waals surface area (Å²) in [6.07, 6.45) is 7.71. The molecule has 16 heavy (non-hydrogen) atoms. The molecule has 0 radical (unpaired) electrons. The predicted molar refractivity (Wildman–Crippen MR) is 73.1 cm³/mol. The summed E-state index contributed by atoms with van der Waals surface area (Å²) in [7, 11) is 0. The number of unbranched alkanes of at least 4 members (excludes halogenated alkanes) is 3. The third-order valence-electron chi connectivity index (χ3n) is 3.76. The molecule has 2 unspecified atom stereocenters. The first-order valence-corrected chi connectivity index (χ1v) is 6.88. The summed E-state index contributed by atoms with van der Waals surface area (Å²) in [6, 6.07) is 0.492. The van der Waals surface area contributed by atoms with Crippen LogP contribution in [0.3, 0.4) is 0 Å². The average Bonchev–Trinajstić information content (AvgIpc) is 2.20. The first kappa shape index (κ1) is 15.9. The lowest BCUT2D eigenvalue weighted by molar-refractivity contribution is 0.218. The van der Waals surface area contributed by atoms with Crippen molar-refractivity contribution in [3.63, 3.8) is 0 Å². The zero-order valence-corrected chi connectivity index (χ0v) is 12.0. The van der Waals surface area contributed by atoms with Gasteiger partial charge in [0, 0.05) is 6.04 Å². The standard InChI is InChI=1S/C14H32N2/c1-6-7-8-9-10-13(16-15)11-12(2)14(3,4)5/h12-13,16H,6-11,15H2,1-5H3. The third kappa shape index (κ3) is 7.24. The lowest BCUT2D eigenvalue weighted by Gasteiger charge is -2.30. The van der Waals surface area contributed by atoms with Gasteiger partial charge in [-0.1, -0.05) is 60.3 Å². The van der Waals surface area contributed by atoms with Crippen LogP contribution in [0.4, 0.5) is 0 Å². The van der Waals surface area contributed by atoms with Gasteiger partial charge < -0.3 is 0 Å². The highest BCUT2D eigenvalue weighted by atomic mass is 15.2. The first-order chi connectivity index (χ1) is 7.41. The van der Waals surface area contributed by atoms with Crippen molar-refractivity contribution in [1.82, 2.24) is 5.43 Å². The van der Waals surface area contributed by atoms with Crippen LogP contribution in [-0.2, 0) is 0 Å². The molecule has 0 rings (SSSR count). The molecule has 2 heteroatoms. The number of hydrogen-bond donors (Lipinski definition) is 2. The highest BCUT2D eigenvalue weighted by Crippen LogP contribution is 2.29. The molecule has 98 valence electrons. The Kier molecular flexibility index (Phi) is 8.04. The van der Waals surface area contributed by atoms with Gasteiger partial charge in [-0.05, 0) is 24.2 Å². The average molecular weight is 228 g/mol. The van der Waals surface area contributed by atoms with Crippen molar-refractivity contribution in [1.29, 1.82) is 0 Å². The molecule has 0 amide bonds. The minimum atomic E-state index is 0.387. The summed E-state index contributed by atoms with van der Waals surface area (Å²) in [5.41, 5.74) is 3.37. The van der Waals surface area contributed by atoms with Crippen LogP contribution in [0.5, 0.6) is 0 Å². The summed E-state index contributed by atoms with van der Waals surface area (Å²) < 4.78 is 0. The fourth-order valence-electron chi connectivity index (χ4n) is 1.87. The maximum atomic E-state index is 5.63. The van der Waals surface area contributed by atoms with Gasteiger partial charge in [0.25, 0.3) is 0 Å². The molecule has 2 nitrogen and oxygen atoms in total. The largest absolute Gasteiger partial charge is 0.271 e. The second-order valence-electron chi connectivity index (χ2n) is 6.22. The molecule has 0 aliphatic carbocycles. The van der Waals surface area contributed by atoms with Gasteiger partial charge >= 0.3 is 0 Å². The quantitative estimate of drug-likeness (QED) is 0.376. The van der Waals surface area contributed by atoms with Crippen molar-refractivity contribution in [2.45, 2.75) is 79.2 Å². The van der Waals surface area contributed by atoms with Gasteiger partial charge in [-0.3, -0.25) is 11.3 Å². The minimum Gasteiger partial charge on any atom is -0.271 e. The fraction of sp³-hybridized carbons (Fsp3) is 1.00. The second-order valence-corrected chi connectivity index (χ2v) is 6.22. The van der Waals surface area contributed by atoms with E-state index in [1.807, 2.05) is 0 Å². The lowest BCUT2D eigenvalue weighted by Crippen LogP contribution is -2.38. The first-order valence-electron chi connectivity index (χ1n) is 6.88. The van der Waals surface area contributed by atoms with Crippen LogP contribution in [0.25, 0.3) is 0 Å². The zero-order valence-electron chi connectivity index (χ0n) is 12.0. The smallest absolute Gasteiger partial charge is 0.0213 e. The zero-order chi connectivity index (χ0) is 12.6. The molecule has 0 aromatic heterocycles. The van der Waals surface area contributed by atoms with Crippen LogP contribution in [0.1, 0.15) is 73.1 Å². The van der Waals surface area contributed by atoms with Crippen LogP contribution in [0.15, 0.2) is 0 Å². The maximum absolute atomic E-state index is 5.63. The normalized spacial score (nSPS) is 16.1. The van der Waals surface area contributed by atoms with Crippen molar-refractivity contribution >= 4 is 0 Å². The minimum absolute atomic E-state index is 0.387. The van der Waals surface area contributed by atoms with E-state index in [0.717, 1.165) is 0 Å². The molecule has 0 spiro atoms. The van der Waals surface area contributed by atoms with E-state index >= 15 is 0 Å². The number of rotatable bonds is 8. The van der Waals surface area contributed by atoms with Crippen molar-refractivity contribution in [3.05, 3.63) is 0 Å². The van der Waals surface area contributed by atoms with Crippen LogP contribution in [-0.4, -0.2) is 6.04 Å². The van der Waals surface area contributed by atoms with Crippen molar-refractivity contribution in [2.75, 3.05) is 0 Å². The molecule has 0 saturated carbocycles. The Balaban J connectivity index is 3.82. The number of hydrazine groups is 1. The Hall–Kier alpha value is -0.0800. The van der Waals surface area contributed by atoms with E-state index in [1.54, 1.807) is 0 Å². The molecule has 2 atom stereocenters. The van der Waals surface area contributed by atoms with Crippen LogP contribution < -0.4 is 11.3 Å². The van der Waals surface area contributed by atoms with Gasteiger partial charge in [-0.2, -0.15) is 0 Å². The number of hydrogen-bond acceptors (Lipinski definition) is 2. The van der Waals surface area contributed by atoms with E-state index in [1.165, 1.54) is 38.5 Å². The molecule has 0 aromatic carbocycles. The number of nitrogens with one attached hydrogen (secondary N) is 1. The van der Waals surface area contributed by atoms with Crippen LogP contribution >= 0.6 is 0 Å². The van der Waals surface area contributed by atoms with Gasteiger partial charge in [0.15, 0.2) is 0 Å². The molecule has 0 aliphatic rings. The molecule has 0 bridgehead atoms. The summed E-state index contributed by atoms with van der Waals surface area (Å²) in [6.45, 7) is 11.5. The van der Waals surface area contributed by atoms with Gasteiger partial charge in [0.2, 0.25) is 0 Å². The Labute approximate surface area is 102 Å². The van der Waals surface area contributed by atoms with Crippen LogP contribution in [0, 0.1) is 11.3 Å². The van der Waals surface area contributed by atoms with E-state index < -0.39 is 0 Å². The van der Waals surface area contributed by atoms with Crippen molar-refractivity contribution in [2.24, 2.45) is 17.2 Å². The summed E-state index contributed by atoms with van der Waals surface area (Å²) in [4.78, 5) is 0. The van der Waals surface area contributed by atoms with Gasteiger partial charge in [-0.25, -0.2) is 0 Å². The molecular formula is C14H32N2. The lowest BCUT2D eigenvalue weighted by atomic mass is 9.78.